The first kappa shape index (κ1) is 14.8. The topological polar surface area (TPSA) is 26.3 Å². The van der Waals surface area contributed by atoms with Gasteiger partial charge in [-0.15, -0.1) is 0 Å². The molecule has 108 valence electrons. The van der Waals surface area contributed by atoms with Gasteiger partial charge >= 0.3 is 5.97 Å². The minimum atomic E-state index is -0.337. The molecule has 2 atom stereocenters. The third-order valence-corrected chi connectivity index (χ3v) is 4.01. The second-order valence-electron chi connectivity index (χ2n) is 6.27. The molecule has 0 spiro atoms. The lowest BCUT2D eigenvalue weighted by atomic mass is 10.1. The molecule has 0 amide bonds. The zero-order valence-corrected chi connectivity index (χ0v) is 12.4. The third-order valence-electron chi connectivity index (χ3n) is 4.01. The van der Waals surface area contributed by atoms with Crippen LogP contribution in [-0.2, 0) is 16.1 Å². The van der Waals surface area contributed by atoms with E-state index in [-0.39, 0.29) is 35.6 Å². The first-order chi connectivity index (χ1) is 9.34. The predicted molar refractivity (Wildman–Crippen MR) is 76.4 cm³/mol. The summed E-state index contributed by atoms with van der Waals surface area (Å²) < 4.78 is 18.7. The fourth-order valence-corrected chi connectivity index (χ4v) is 2.65. The summed E-state index contributed by atoms with van der Waals surface area (Å²) in [6.45, 7) is 8.17. The zero-order valence-electron chi connectivity index (χ0n) is 12.4. The Morgan fingerprint density at radius 1 is 1.35 bits per heavy atom. The van der Waals surface area contributed by atoms with Gasteiger partial charge in [0.2, 0.25) is 0 Å². The van der Waals surface area contributed by atoms with Crippen molar-refractivity contribution in [3.8, 4) is 0 Å². The van der Waals surface area contributed by atoms with Gasteiger partial charge in [0, 0.05) is 5.56 Å². The maximum Gasteiger partial charge on any atom is 0.310 e. The average molecular weight is 276 g/mol. The van der Waals surface area contributed by atoms with E-state index in [0.717, 1.165) is 0 Å². The maximum absolute atomic E-state index is 13.5. The van der Waals surface area contributed by atoms with Crippen molar-refractivity contribution in [3.05, 3.63) is 47.3 Å². The molecule has 1 aliphatic carbocycles. The maximum atomic E-state index is 13.5. The second-order valence-corrected chi connectivity index (χ2v) is 6.27. The largest absolute Gasteiger partial charge is 0.460 e. The summed E-state index contributed by atoms with van der Waals surface area (Å²) >= 11 is 0. The van der Waals surface area contributed by atoms with Crippen LogP contribution in [0.3, 0.4) is 0 Å². The summed E-state index contributed by atoms with van der Waals surface area (Å²) in [5, 5.41) is 0. The van der Waals surface area contributed by atoms with E-state index in [0.29, 0.717) is 5.56 Å². The Bertz CT molecular complexity index is 542. The molecule has 0 bridgehead atoms. The van der Waals surface area contributed by atoms with Gasteiger partial charge in [-0.2, -0.15) is 0 Å². The summed E-state index contributed by atoms with van der Waals surface area (Å²) in [5.41, 5.74) is 1.55. The van der Waals surface area contributed by atoms with Gasteiger partial charge in [0.1, 0.15) is 12.4 Å². The van der Waals surface area contributed by atoms with Gasteiger partial charge in [0.15, 0.2) is 0 Å². The van der Waals surface area contributed by atoms with Crippen LogP contribution in [-0.4, -0.2) is 5.97 Å². The summed E-state index contributed by atoms with van der Waals surface area (Å²) in [6, 6.07) is 6.36. The molecule has 0 saturated heterocycles. The van der Waals surface area contributed by atoms with Crippen LogP contribution < -0.4 is 0 Å². The van der Waals surface area contributed by atoms with Crippen LogP contribution in [0.25, 0.3) is 0 Å². The van der Waals surface area contributed by atoms with Crippen molar-refractivity contribution in [1.29, 1.82) is 0 Å². The van der Waals surface area contributed by atoms with Crippen molar-refractivity contribution in [2.45, 2.75) is 34.3 Å². The lowest BCUT2D eigenvalue weighted by Crippen LogP contribution is -2.11. The van der Waals surface area contributed by atoms with Crippen LogP contribution in [0.4, 0.5) is 4.39 Å². The van der Waals surface area contributed by atoms with E-state index in [9.17, 15) is 9.18 Å². The Balaban J connectivity index is 1.97. The normalized spacial score (nSPS) is 23.1. The number of benzene rings is 1. The predicted octanol–water partition coefficient (Wildman–Crippen LogP) is 4.11. The lowest BCUT2D eigenvalue weighted by molar-refractivity contribution is -0.147. The molecule has 1 aromatic rings. The molecule has 0 N–H and O–H groups in total. The molecular formula is C17H21FO2. The number of halogens is 1. The molecule has 2 nitrogen and oxygen atoms in total. The van der Waals surface area contributed by atoms with Crippen LogP contribution in [0.15, 0.2) is 35.9 Å². The summed E-state index contributed by atoms with van der Waals surface area (Å²) in [6.07, 6.45) is 2.12. The zero-order chi connectivity index (χ0) is 14.9. The number of carbonyl (C=O) groups is 1. The van der Waals surface area contributed by atoms with E-state index in [1.165, 1.54) is 11.6 Å². The fraction of sp³-hybridized carbons (Fsp3) is 0.471. The van der Waals surface area contributed by atoms with E-state index in [1.54, 1.807) is 18.2 Å². The smallest absolute Gasteiger partial charge is 0.310 e. The van der Waals surface area contributed by atoms with E-state index in [1.807, 2.05) is 13.8 Å². The highest BCUT2D eigenvalue weighted by Gasteiger charge is 2.61. The fourth-order valence-electron chi connectivity index (χ4n) is 2.65. The van der Waals surface area contributed by atoms with Crippen molar-refractivity contribution in [3.63, 3.8) is 0 Å². The molecule has 0 aromatic heterocycles. The van der Waals surface area contributed by atoms with Crippen molar-refractivity contribution < 1.29 is 13.9 Å². The molecule has 0 unspecified atom stereocenters. The van der Waals surface area contributed by atoms with Crippen LogP contribution in [0.5, 0.6) is 0 Å². The minimum absolute atomic E-state index is 0.000369. The molecule has 0 aliphatic heterocycles. The van der Waals surface area contributed by atoms with Gasteiger partial charge in [0.05, 0.1) is 5.92 Å². The van der Waals surface area contributed by atoms with Crippen LogP contribution >= 0.6 is 0 Å². The summed E-state index contributed by atoms with van der Waals surface area (Å²) in [4.78, 5) is 12.1. The SMILES string of the molecule is CC(C)=C[C@@H]1[C@@H](C(=O)OCc2ccccc2F)C1(C)C. The third kappa shape index (κ3) is 2.92. The van der Waals surface area contributed by atoms with Crippen molar-refractivity contribution in [2.24, 2.45) is 17.3 Å². The van der Waals surface area contributed by atoms with Crippen LogP contribution in [0.1, 0.15) is 33.3 Å². The lowest BCUT2D eigenvalue weighted by Gasteiger charge is -2.06. The highest BCUT2D eigenvalue weighted by molar-refractivity contribution is 5.78. The number of rotatable bonds is 4. The molecule has 1 aliphatic rings. The Morgan fingerprint density at radius 3 is 2.60 bits per heavy atom. The minimum Gasteiger partial charge on any atom is -0.460 e. The molecule has 3 heteroatoms. The van der Waals surface area contributed by atoms with Crippen molar-refractivity contribution in [2.75, 3.05) is 0 Å². The highest BCUT2D eigenvalue weighted by atomic mass is 19.1. The van der Waals surface area contributed by atoms with Gasteiger partial charge in [0.25, 0.3) is 0 Å². The number of hydrogen-bond donors (Lipinski definition) is 0. The first-order valence-corrected chi connectivity index (χ1v) is 6.89. The molecule has 1 aromatic carbocycles. The Hall–Kier alpha value is -1.64. The van der Waals surface area contributed by atoms with E-state index in [4.69, 9.17) is 4.74 Å². The van der Waals surface area contributed by atoms with Gasteiger partial charge < -0.3 is 4.74 Å². The van der Waals surface area contributed by atoms with E-state index < -0.39 is 0 Å². The Kier molecular flexibility index (Phi) is 3.98. The number of esters is 1. The van der Waals surface area contributed by atoms with Gasteiger partial charge in [-0.3, -0.25) is 4.79 Å². The van der Waals surface area contributed by atoms with E-state index >= 15 is 0 Å². The summed E-state index contributed by atoms with van der Waals surface area (Å²) in [7, 11) is 0. The van der Waals surface area contributed by atoms with E-state index in [2.05, 4.69) is 19.9 Å². The van der Waals surface area contributed by atoms with Crippen molar-refractivity contribution >= 4 is 5.97 Å². The molecule has 0 heterocycles. The average Bonchev–Trinajstić information content (AvgIpc) is 2.88. The number of carbonyl (C=O) groups excluding carboxylic acids is 1. The molecule has 20 heavy (non-hydrogen) atoms. The Labute approximate surface area is 119 Å². The van der Waals surface area contributed by atoms with Crippen LogP contribution in [0.2, 0.25) is 0 Å². The number of ether oxygens (including phenoxy) is 1. The van der Waals surface area contributed by atoms with Crippen LogP contribution in [0, 0.1) is 23.1 Å². The van der Waals surface area contributed by atoms with Gasteiger partial charge in [-0.05, 0) is 31.2 Å². The second kappa shape index (κ2) is 5.39. The number of hydrogen-bond acceptors (Lipinski definition) is 2. The van der Waals surface area contributed by atoms with Gasteiger partial charge in [-0.25, -0.2) is 4.39 Å². The standard InChI is InChI=1S/C17H21FO2/c1-11(2)9-13-15(17(13,3)4)16(19)20-10-12-7-5-6-8-14(12)18/h5-9,13,15H,10H2,1-4H3/t13-,15+/m1/s1. The molecular weight excluding hydrogens is 255 g/mol. The number of allylic oxidation sites excluding steroid dienone is 2. The highest BCUT2D eigenvalue weighted by Crippen LogP contribution is 2.59. The summed E-state index contributed by atoms with van der Waals surface area (Å²) in [5.74, 6) is -0.471. The van der Waals surface area contributed by atoms with Gasteiger partial charge in [-0.1, -0.05) is 43.7 Å². The molecule has 1 saturated carbocycles. The van der Waals surface area contributed by atoms with Crippen molar-refractivity contribution in [1.82, 2.24) is 0 Å². The quantitative estimate of drug-likeness (QED) is 0.611. The molecule has 2 rings (SSSR count). The first-order valence-electron chi connectivity index (χ1n) is 6.89. The molecule has 0 radical (unpaired) electrons. The molecule has 1 fully saturated rings. The Morgan fingerprint density at radius 2 is 2.00 bits per heavy atom. The monoisotopic (exact) mass is 276 g/mol.